The second kappa shape index (κ2) is 6.73. The van der Waals surface area contributed by atoms with E-state index in [1.807, 2.05) is 13.8 Å². The summed E-state index contributed by atoms with van der Waals surface area (Å²) in [7, 11) is 1.53. The predicted molar refractivity (Wildman–Crippen MR) is 89.7 cm³/mol. The van der Waals surface area contributed by atoms with Crippen LogP contribution in [0.4, 0.5) is 4.39 Å². The van der Waals surface area contributed by atoms with Gasteiger partial charge < -0.3 is 9.72 Å². The number of halogens is 1. The Morgan fingerprint density at radius 2 is 2.21 bits per heavy atom. The Morgan fingerprint density at radius 1 is 1.42 bits per heavy atom. The van der Waals surface area contributed by atoms with Gasteiger partial charge in [-0.15, -0.1) is 0 Å². The molecule has 0 bridgehead atoms. The molecule has 1 aliphatic rings. The summed E-state index contributed by atoms with van der Waals surface area (Å²) < 4.78 is 19.4. The lowest BCUT2D eigenvalue weighted by molar-refractivity contribution is 0.234. The first-order valence-corrected chi connectivity index (χ1v) is 8.15. The maximum absolute atomic E-state index is 14.1. The van der Waals surface area contributed by atoms with E-state index in [0.29, 0.717) is 36.4 Å². The Balaban J connectivity index is 1.85. The summed E-state index contributed by atoms with van der Waals surface area (Å²) in [6.45, 7) is 5.61. The van der Waals surface area contributed by atoms with Crippen molar-refractivity contribution in [2.75, 3.05) is 13.7 Å². The molecule has 0 unspecified atom stereocenters. The molecule has 0 radical (unpaired) electrons. The molecule has 0 spiro atoms. The number of hydrogen-bond donors (Lipinski definition) is 1. The van der Waals surface area contributed by atoms with E-state index in [4.69, 9.17) is 4.74 Å². The van der Waals surface area contributed by atoms with E-state index < -0.39 is 0 Å². The highest BCUT2D eigenvalue weighted by atomic mass is 19.1. The minimum atomic E-state index is -0.290. The number of nitrogens with one attached hydrogen (secondary N) is 1. The Labute approximate surface area is 140 Å². The van der Waals surface area contributed by atoms with Crippen LogP contribution >= 0.6 is 0 Å². The van der Waals surface area contributed by atoms with Crippen molar-refractivity contribution < 1.29 is 9.13 Å². The van der Waals surface area contributed by atoms with Crippen LogP contribution in [0.25, 0.3) is 0 Å². The number of nitrogens with zero attached hydrogens (tertiary/aromatic N) is 2. The van der Waals surface area contributed by atoms with E-state index in [9.17, 15) is 9.18 Å². The predicted octanol–water partition coefficient (Wildman–Crippen LogP) is 2.60. The molecule has 24 heavy (non-hydrogen) atoms. The average Bonchev–Trinajstić information content (AvgIpc) is 2.57. The number of aromatic amines is 1. The molecule has 0 saturated carbocycles. The van der Waals surface area contributed by atoms with Crippen LogP contribution in [0.15, 0.2) is 23.0 Å². The van der Waals surface area contributed by atoms with Crippen molar-refractivity contribution in [1.29, 1.82) is 0 Å². The van der Waals surface area contributed by atoms with Crippen LogP contribution < -0.4 is 10.3 Å². The summed E-state index contributed by atoms with van der Waals surface area (Å²) in [4.78, 5) is 21.9. The van der Waals surface area contributed by atoms with E-state index >= 15 is 0 Å². The van der Waals surface area contributed by atoms with Crippen LogP contribution in [0.3, 0.4) is 0 Å². The molecule has 2 aromatic rings. The Morgan fingerprint density at radius 3 is 2.92 bits per heavy atom. The molecule has 1 aliphatic heterocycles. The summed E-state index contributed by atoms with van der Waals surface area (Å²) in [6.07, 6.45) is 0.690. The van der Waals surface area contributed by atoms with E-state index in [1.54, 1.807) is 12.1 Å². The molecule has 1 aromatic heterocycles. The van der Waals surface area contributed by atoms with Crippen LogP contribution in [0.1, 0.15) is 42.4 Å². The smallest absolute Gasteiger partial charge is 0.255 e. The molecule has 0 amide bonds. The second-order valence-corrected chi connectivity index (χ2v) is 6.41. The van der Waals surface area contributed by atoms with E-state index in [1.165, 1.54) is 13.2 Å². The molecule has 6 heteroatoms. The molecule has 1 N–H and O–H groups in total. The molecule has 0 aliphatic carbocycles. The molecular formula is C18H22FN3O2. The molecule has 0 saturated heterocycles. The van der Waals surface area contributed by atoms with Gasteiger partial charge in [0.05, 0.1) is 18.4 Å². The third-order valence-electron chi connectivity index (χ3n) is 4.39. The van der Waals surface area contributed by atoms with Gasteiger partial charge in [-0.3, -0.25) is 9.69 Å². The van der Waals surface area contributed by atoms with E-state index in [0.717, 1.165) is 18.1 Å². The van der Waals surface area contributed by atoms with Gasteiger partial charge in [0.15, 0.2) is 0 Å². The van der Waals surface area contributed by atoms with E-state index in [-0.39, 0.29) is 17.3 Å². The van der Waals surface area contributed by atoms with E-state index in [2.05, 4.69) is 14.9 Å². The fourth-order valence-corrected chi connectivity index (χ4v) is 3.02. The average molecular weight is 331 g/mol. The van der Waals surface area contributed by atoms with Crippen molar-refractivity contribution >= 4 is 0 Å². The molecular weight excluding hydrogens is 309 g/mol. The lowest BCUT2D eigenvalue weighted by Crippen LogP contribution is -2.36. The third kappa shape index (κ3) is 3.19. The zero-order valence-electron chi connectivity index (χ0n) is 14.2. The lowest BCUT2D eigenvalue weighted by atomic mass is 10.0. The molecule has 0 atom stereocenters. The first kappa shape index (κ1) is 16.6. The molecule has 128 valence electrons. The zero-order chi connectivity index (χ0) is 17.3. The van der Waals surface area contributed by atoms with Crippen LogP contribution in [0, 0.1) is 5.82 Å². The van der Waals surface area contributed by atoms with Gasteiger partial charge in [0.1, 0.15) is 17.4 Å². The standard InChI is InChI=1S/C18H22FN3O2/c1-11(2)17-20-15-7-8-22(10-13(15)18(23)21-17)9-12-14(19)5-4-6-16(12)24-3/h4-6,11H,7-10H2,1-3H3,(H,20,21,23). The largest absolute Gasteiger partial charge is 0.496 e. The number of benzene rings is 1. The third-order valence-corrected chi connectivity index (χ3v) is 4.39. The molecule has 0 fully saturated rings. The summed E-state index contributed by atoms with van der Waals surface area (Å²) in [5.41, 5.74) is 1.97. The maximum Gasteiger partial charge on any atom is 0.255 e. The lowest BCUT2D eigenvalue weighted by Gasteiger charge is -2.28. The van der Waals surface area contributed by atoms with Gasteiger partial charge in [-0.05, 0) is 12.1 Å². The highest BCUT2D eigenvalue weighted by Gasteiger charge is 2.23. The summed E-state index contributed by atoms with van der Waals surface area (Å²) in [6, 6.07) is 4.81. The van der Waals surface area contributed by atoms with Crippen LogP contribution in [-0.2, 0) is 19.5 Å². The minimum absolute atomic E-state index is 0.0890. The number of hydrogen-bond acceptors (Lipinski definition) is 4. The first-order valence-electron chi connectivity index (χ1n) is 8.15. The number of ether oxygens (including phenoxy) is 1. The highest BCUT2D eigenvalue weighted by molar-refractivity contribution is 5.35. The summed E-state index contributed by atoms with van der Waals surface area (Å²) in [5, 5.41) is 0. The summed E-state index contributed by atoms with van der Waals surface area (Å²) in [5.74, 6) is 1.15. The van der Waals surface area contributed by atoms with Gasteiger partial charge >= 0.3 is 0 Å². The van der Waals surface area contributed by atoms with Gasteiger partial charge in [-0.2, -0.15) is 0 Å². The van der Waals surface area contributed by atoms with Crippen molar-refractivity contribution in [3.05, 3.63) is 57.0 Å². The van der Waals surface area contributed by atoms with Crippen molar-refractivity contribution in [2.45, 2.75) is 39.3 Å². The van der Waals surface area contributed by atoms with Gasteiger partial charge in [0.25, 0.3) is 5.56 Å². The molecule has 3 rings (SSSR count). The second-order valence-electron chi connectivity index (χ2n) is 6.41. The van der Waals surface area contributed by atoms with Crippen LogP contribution in [-0.4, -0.2) is 28.5 Å². The monoisotopic (exact) mass is 331 g/mol. The van der Waals surface area contributed by atoms with Gasteiger partial charge in [0, 0.05) is 37.5 Å². The molecule has 5 nitrogen and oxygen atoms in total. The molecule has 2 heterocycles. The normalized spacial score (nSPS) is 14.7. The van der Waals surface area contributed by atoms with Gasteiger partial charge in [-0.1, -0.05) is 19.9 Å². The fourth-order valence-electron chi connectivity index (χ4n) is 3.02. The van der Waals surface area contributed by atoms with Crippen molar-refractivity contribution in [1.82, 2.24) is 14.9 Å². The maximum atomic E-state index is 14.1. The quantitative estimate of drug-likeness (QED) is 0.935. The highest BCUT2D eigenvalue weighted by Crippen LogP contribution is 2.25. The van der Waals surface area contributed by atoms with Crippen LogP contribution in [0.5, 0.6) is 5.75 Å². The Bertz CT molecular complexity index is 801. The number of fused-ring (bicyclic) bond motifs is 1. The summed E-state index contributed by atoms with van der Waals surface area (Å²) >= 11 is 0. The Hall–Kier alpha value is -2.21. The minimum Gasteiger partial charge on any atom is -0.496 e. The number of rotatable bonds is 4. The fraction of sp³-hybridized carbons (Fsp3) is 0.444. The van der Waals surface area contributed by atoms with Crippen molar-refractivity contribution in [3.8, 4) is 5.75 Å². The van der Waals surface area contributed by atoms with Crippen molar-refractivity contribution in [2.24, 2.45) is 0 Å². The number of methoxy groups -OCH3 is 1. The van der Waals surface area contributed by atoms with Crippen molar-refractivity contribution in [3.63, 3.8) is 0 Å². The van der Waals surface area contributed by atoms with Gasteiger partial charge in [0.2, 0.25) is 0 Å². The topological polar surface area (TPSA) is 58.2 Å². The van der Waals surface area contributed by atoms with Crippen LogP contribution in [0.2, 0.25) is 0 Å². The number of H-pyrrole nitrogens is 1. The molecule has 1 aromatic carbocycles. The zero-order valence-corrected chi connectivity index (χ0v) is 14.2. The SMILES string of the molecule is COc1cccc(F)c1CN1CCc2nc(C(C)C)[nH]c(=O)c2C1. The number of aromatic nitrogens is 2. The Kier molecular flexibility index (Phi) is 4.66. The first-order chi connectivity index (χ1) is 11.5. The van der Waals surface area contributed by atoms with Gasteiger partial charge in [-0.25, -0.2) is 9.37 Å².